The van der Waals surface area contributed by atoms with Crippen LogP contribution in [0.4, 0.5) is 0 Å². The van der Waals surface area contributed by atoms with Gasteiger partial charge in [0.25, 0.3) is 0 Å². The van der Waals surface area contributed by atoms with Crippen LogP contribution in [0.5, 0.6) is 0 Å². The zero-order chi connectivity index (χ0) is 15.2. The third-order valence-corrected chi connectivity index (χ3v) is 4.65. The zero-order valence-electron chi connectivity index (χ0n) is 13.5. The van der Waals surface area contributed by atoms with Crippen molar-refractivity contribution in [1.82, 2.24) is 10.2 Å². The lowest BCUT2D eigenvalue weighted by molar-refractivity contribution is -0.136. The first-order chi connectivity index (χ1) is 10.2. The van der Waals surface area contributed by atoms with Crippen molar-refractivity contribution in [2.45, 2.75) is 45.1 Å². The van der Waals surface area contributed by atoms with Crippen LogP contribution in [0.15, 0.2) is 30.3 Å². The van der Waals surface area contributed by atoms with Gasteiger partial charge in [0.05, 0.1) is 0 Å². The van der Waals surface area contributed by atoms with E-state index in [0.29, 0.717) is 17.9 Å². The van der Waals surface area contributed by atoms with Crippen LogP contribution in [-0.2, 0) is 4.79 Å². The zero-order valence-corrected chi connectivity index (χ0v) is 13.5. The Bertz CT molecular complexity index is 446. The maximum atomic E-state index is 12.7. The molecule has 0 spiro atoms. The van der Waals surface area contributed by atoms with Crippen molar-refractivity contribution in [1.29, 1.82) is 0 Å². The number of carbonyl (C=O) groups excluding carboxylic acids is 1. The lowest BCUT2D eigenvalue weighted by Gasteiger charge is -2.33. The van der Waals surface area contributed by atoms with Gasteiger partial charge >= 0.3 is 0 Å². The molecule has 3 unspecified atom stereocenters. The Balaban J connectivity index is 2.15. The molecular formula is C18H28N2O. The summed E-state index contributed by atoms with van der Waals surface area (Å²) in [6.07, 6.45) is 3.34. The molecular weight excluding hydrogens is 260 g/mol. The van der Waals surface area contributed by atoms with Crippen molar-refractivity contribution in [2.24, 2.45) is 5.92 Å². The molecule has 21 heavy (non-hydrogen) atoms. The van der Waals surface area contributed by atoms with Crippen LogP contribution < -0.4 is 5.32 Å². The summed E-state index contributed by atoms with van der Waals surface area (Å²) in [4.78, 5) is 14.8. The molecule has 0 saturated carbocycles. The molecule has 1 aromatic carbocycles. The van der Waals surface area contributed by atoms with Crippen molar-refractivity contribution in [3.63, 3.8) is 0 Å². The van der Waals surface area contributed by atoms with Gasteiger partial charge in [-0.1, -0.05) is 44.2 Å². The lowest BCUT2D eigenvalue weighted by Crippen LogP contribution is -2.43. The van der Waals surface area contributed by atoms with E-state index in [-0.39, 0.29) is 5.92 Å². The second-order valence-corrected chi connectivity index (χ2v) is 6.13. The molecule has 116 valence electrons. The SMILES string of the molecule is CCC(c1ccccc1)C1CCCN1C(=O)C(C)CNC. The van der Waals surface area contributed by atoms with E-state index < -0.39 is 0 Å². The van der Waals surface area contributed by atoms with Gasteiger partial charge in [-0.2, -0.15) is 0 Å². The van der Waals surface area contributed by atoms with Crippen molar-refractivity contribution in [2.75, 3.05) is 20.1 Å². The number of carbonyl (C=O) groups is 1. The minimum atomic E-state index is 0.0591. The fourth-order valence-electron chi connectivity index (χ4n) is 3.59. The first-order valence-corrected chi connectivity index (χ1v) is 8.19. The van der Waals surface area contributed by atoms with Crippen LogP contribution in [0.3, 0.4) is 0 Å². The van der Waals surface area contributed by atoms with E-state index in [1.165, 1.54) is 5.56 Å². The molecule has 1 aliphatic heterocycles. The van der Waals surface area contributed by atoms with Crippen LogP contribution in [-0.4, -0.2) is 37.0 Å². The van der Waals surface area contributed by atoms with E-state index in [0.717, 1.165) is 32.4 Å². The molecule has 0 radical (unpaired) electrons. The van der Waals surface area contributed by atoms with Crippen LogP contribution in [0.1, 0.15) is 44.6 Å². The van der Waals surface area contributed by atoms with Crippen molar-refractivity contribution in [3.8, 4) is 0 Å². The van der Waals surface area contributed by atoms with Gasteiger partial charge in [-0.05, 0) is 31.9 Å². The van der Waals surface area contributed by atoms with Crippen molar-refractivity contribution >= 4 is 5.91 Å². The van der Waals surface area contributed by atoms with Crippen LogP contribution in [0, 0.1) is 5.92 Å². The first-order valence-electron chi connectivity index (χ1n) is 8.19. The summed E-state index contributed by atoms with van der Waals surface area (Å²) in [5, 5.41) is 3.11. The second kappa shape index (κ2) is 7.60. The number of likely N-dealkylation sites (tertiary alicyclic amines) is 1. The van der Waals surface area contributed by atoms with Gasteiger partial charge in [0.2, 0.25) is 5.91 Å². The molecule has 1 saturated heterocycles. The summed E-state index contributed by atoms with van der Waals surface area (Å²) in [6, 6.07) is 11.0. The maximum Gasteiger partial charge on any atom is 0.226 e. The Kier molecular flexibility index (Phi) is 5.80. The quantitative estimate of drug-likeness (QED) is 0.872. The lowest BCUT2D eigenvalue weighted by atomic mass is 9.87. The standard InChI is InChI=1S/C18H28N2O/c1-4-16(15-9-6-5-7-10-15)17-11-8-12-20(17)18(21)14(2)13-19-3/h5-7,9-10,14,16-17,19H,4,8,11-13H2,1-3H3. The molecule has 2 rings (SSSR count). The van der Waals surface area contributed by atoms with Gasteiger partial charge in [0, 0.05) is 31.0 Å². The van der Waals surface area contributed by atoms with Crippen molar-refractivity contribution < 1.29 is 4.79 Å². The number of nitrogens with one attached hydrogen (secondary N) is 1. The monoisotopic (exact) mass is 288 g/mol. The normalized spacial score (nSPS) is 21.3. The summed E-state index contributed by atoms with van der Waals surface area (Å²) in [5.74, 6) is 0.824. The summed E-state index contributed by atoms with van der Waals surface area (Å²) in [5.41, 5.74) is 1.37. The van der Waals surface area contributed by atoms with Gasteiger partial charge in [-0.25, -0.2) is 0 Å². The van der Waals surface area contributed by atoms with E-state index in [1.54, 1.807) is 0 Å². The van der Waals surface area contributed by atoms with Gasteiger partial charge in [-0.15, -0.1) is 0 Å². The maximum absolute atomic E-state index is 12.7. The average Bonchev–Trinajstić information content (AvgIpc) is 2.98. The van der Waals surface area contributed by atoms with E-state index in [9.17, 15) is 4.79 Å². The molecule has 3 heteroatoms. The minimum Gasteiger partial charge on any atom is -0.339 e. The summed E-state index contributed by atoms with van der Waals surface area (Å²) < 4.78 is 0. The molecule has 0 bridgehead atoms. The average molecular weight is 288 g/mol. The number of amides is 1. The first kappa shape index (κ1) is 16.0. The molecule has 0 aliphatic carbocycles. The second-order valence-electron chi connectivity index (χ2n) is 6.13. The Morgan fingerprint density at radius 3 is 2.71 bits per heavy atom. The Morgan fingerprint density at radius 1 is 1.38 bits per heavy atom. The molecule has 1 amide bonds. The predicted molar refractivity (Wildman–Crippen MR) is 87.3 cm³/mol. The highest BCUT2D eigenvalue weighted by Gasteiger charge is 2.35. The predicted octanol–water partition coefficient (Wildman–Crippen LogP) is 3.03. The molecule has 3 nitrogen and oxygen atoms in total. The van der Waals surface area contributed by atoms with Crippen LogP contribution in [0.25, 0.3) is 0 Å². The fourth-order valence-corrected chi connectivity index (χ4v) is 3.59. The topological polar surface area (TPSA) is 32.3 Å². The number of hydrogen-bond donors (Lipinski definition) is 1. The van der Waals surface area contributed by atoms with E-state index in [4.69, 9.17) is 0 Å². The highest BCUT2D eigenvalue weighted by atomic mass is 16.2. The molecule has 1 fully saturated rings. The molecule has 3 atom stereocenters. The Labute approximate surface area is 128 Å². The smallest absolute Gasteiger partial charge is 0.226 e. The highest BCUT2D eigenvalue weighted by Crippen LogP contribution is 2.34. The van der Waals surface area contributed by atoms with E-state index in [2.05, 4.69) is 47.5 Å². The van der Waals surface area contributed by atoms with Crippen molar-refractivity contribution in [3.05, 3.63) is 35.9 Å². The number of hydrogen-bond acceptors (Lipinski definition) is 2. The Morgan fingerprint density at radius 2 is 2.10 bits per heavy atom. The van der Waals surface area contributed by atoms with E-state index >= 15 is 0 Å². The highest BCUT2D eigenvalue weighted by molar-refractivity contribution is 5.79. The molecule has 1 aliphatic rings. The van der Waals surface area contributed by atoms with Gasteiger partial charge in [-0.3, -0.25) is 4.79 Å². The van der Waals surface area contributed by atoms with Gasteiger partial charge in [0.15, 0.2) is 0 Å². The number of nitrogens with zero attached hydrogens (tertiary/aromatic N) is 1. The fraction of sp³-hybridized carbons (Fsp3) is 0.611. The third kappa shape index (κ3) is 3.65. The van der Waals surface area contributed by atoms with Gasteiger partial charge < -0.3 is 10.2 Å². The number of benzene rings is 1. The largest absolute Gasteiger partial charge is 0.339 e. The minimum absolute atomic E-state index is 0.0591. The Hall–Kier alpha value is -1.35. The number of rotatable bonds is 6. The molecule has 0 aromatic heterocycles. The summed E-state index contributed by atoms with van der Waals surface area (Å²) in [7, 11) is 1.91. The summed E-state index contributed by atoms with van der Waals surface area (Å²) >= 11 is 0. The van der Waals surface area contributed by atoms with Crippen LogP contribution >= 0.6 is 0 Å². The molecule has 1 N–H and O–H groups in total. The van der Waals surface area contributed by atoms with E-state index in [1.807, 2.05) is 14.0 Å². The van der Waals surface area contributed by atoms with Crippen LogP contribution in [0.2, 0.25) is 0 Å². The third-order valence-electron chi connectivity index (χ3n) is 4.65. The summed E-state index contributed by atoms with van der Waals surface area (Å²) in [6.45, 7) is 5.93. The molecule has 1 heterocycles. The van der Waals surface area contributed by atoms with Gasteiger partial charge in [0.1, 0.15) is 0 Å². The molecule has 1 aromatic rings.